The van der Waals surface area contributed by atoms with Crippen LogP contribution < -0.4 is 4.90 Å². The predicted molar refractivity (Wildman–Crippen MR) is 113 cm³/mol. The summed E-state index contributed by atoms with van der Waals surface area (Å²) in [4.78, 5) is 26.4. The Kier molecular flexibility index (Phi) is 5.81. The number of aromatic nitrogens is 2. The van der Waals surface area contributed by atoms with Crippen LogP contribution in [0.2, 0.25) is 0 Å². The standard InChI is InChI=1S/C23H30N4O2/c1-16(2)21-24-20-15-26(14-17-6-8-18(9-7-17)23(28)29-3)13-10-19(20)22(25-21)27-11-4-5-12-27/h6-9,16H,4-5,10-15H2,1-3H3. The topological polar surface area (TPSA) is 58.6 Å². The number of hydrogen-bond donors (Lipinski definition) is 0. The molecule has 4 rings (SSSR count). The van der Waals surface area contributed by atoms with E-state index in [0.717, 1.165) is 45.0 Å². The number of nitrogens with zero attached hydrogens (tertiary/aromatic N) is 4. The number of fused-ring (bicyclic) bond motifs is 1. The molecule has 2 aliphatic heterocycles. The van der Waals surface area contributed by atoms with Crippen molar-refractivity contribution in [3.8, 4) is 0 Å². The second-order valence-electron chi connectivity index (χ2n) is 8.33. The van der Waals surface area contributed by atoms with Gasteiger partial charge in [-0.15, -0.1) is 0 Å². The zero-order chi connectivity index (χ0) is 20.4. The van der Waals surface area contributed by atoms with E-state index in [0.29, 0.717) is 11.5 Å². The monoisotopic (exact) mass is 394 g/mol. The average Bonchev–Trinajstić information content (AvgIpc) is 3.27. The Labute approximate surface area is 172 Å². The minimum Gasteiger partial charge on any atom is -0.465 e. The molecule has 0 atom stereocenters. The summed E-state index contributed by atoms with van der Waals surface area (Å²) < 4.78 is 4.78. The summed E-state index contributed by atoms with van der Waals surface area (Å²) >= 11 is 0. The number of rotatable bonds is 5. The number of hydrogen-bond acceptors (Lipinski definition) is 6. The van der Waals surface area contributed by atoms with E-state index in [4.69, 9.17) is 14.7 Å². The first-order valence-corrected chi connectivity index (χ1v) is 10.6. The highest BCUT2D eigenvalue weighted by Crippen LogP contribution is 2.30. The molecule has 0 spiro atoms. The van der Waals surface area contributed by atoms with Crippen LogP contribution in [0.1, 0.15) is 65.6 Å². The number of benzene rings is 1. The van der Waals surface area contributed by atoms with Gasteiger partial charge in [0.05, 0.1) is 18.4 Å². The van der Waals surface area contributed by atoms with E-state index in [2.05, 4.69) is 23.6 Å². The first-order chi connectivity index (χ1) is 14.0. The van der Waals surface area contributed by atoms with Crippen LogP contribution in [-0.4, -0.2) is 47.6 Å². The molecule has 0 radical (unpaired) electrons. The van der Waals surface area contributed by atoms with Crippen molar-refractivity contribution >= 4 is 11.8 Å². The number of anilines is 1. The van der Waals surface area contributed by atoms with Crippen molar-refractivity contribution < 1.29 is 9.53 Å². The maximum Gasteiger partial charge on any atom is 0.337 e. The van der Waals surface area contributed by atoms with Gasteiger partial charge in [0.15, 0.2) is 0 Å². The molecule has 0 amide bonds. The fraction of sp³-hybridized carbons (Fsp3) is 0.522. The van der Waals surface area contributed by atoms with Crippen molar-refractivity contribution in [3.05, 3.63) is 52.5 Å². The van der Waals surface area contributed by atoms with Crippen LogP contribution in [0.15, 0.2) is 24.3 Å². The zero-order valence-electron chi connectivity index (χ0n) is 17.6. The predicted octanol–water partition coefficient (Wildman–Crippen LogP) is 3.55. The van der Waals surface area contributed by atoms with Gasteiger partial charge in [-0.25, -0.2) is 14.8 Å². The summed E-state index contributed by atoms with van der Waals surface area (Å²) in [6.45, 7) is 9.24. The quantitative estimate of drug-likeness (QED) is 0.723. The van der Waals surface area contributed by atoms with Crippen molar-refractivity contribution in [1.82, 2.24) is 14.9 Å². The Morgan fingerprint density at radius 3 is 2.48 bits per heavy atom. The van der Waals surface area contributed by atoms with Crippen LogP contribution >= 0.6 is 0 Å². The second kappa shape index (κ2) is 8.49. The van der Waals surface area contributed by atoms with Crippen molar-refractivity contribution in [3.63, 3.8) is 0 Å². The lowest BCUT2D eigenvalue weighted by molar-refractivity contribution is 0.0600. The molecular weight excluding hydrogens is 364 g/mol. The molecule has 0 unspecified atom stereocenters. The van der Waals surface area contributed by atoms with Crippen molar-refractivity contribution in [2.75, 3.05) is 31.6 Å². The van der Waals surface area contributed by atoms with E-state index in [1.54, 1.807) is 0 Å². The van der Waals surface area contributed by atoms with Crippen molar-refractivity contribution in [1.29, 1.82) is 0 Å². The van der Waals surface area contributed by atoms with Gasteiger partial charge in [0.1, 0.15) is 11.6 Å². The summed E-state index contributed by atoms with van der Waals surface area (Å²) in [5.41, 5.74) is 4.31. The van der Waals surface area contributed by atoms with Crippen LogP contribution in [0.3, 0.4) is 0 Å². The van der Waals surface area contributed by atoms with Crippen LogP contribution in [0.4, 0.5) is 5.82 Å². The molecule has 1 fully saturated rings. The Morgan fingerprint density at radius 2 is 1.83 bits per heavy atom. The molecule has 2 aromatic rings. The fourth-order valence-corrected chi connectivity index (χ4v) is 4.19. The lowest BCUT2D eigenvalue weighted by atomic mass is 10.0. The van der Waals surface area contributed by atoms with Crippen LogP contribution in [0, 0.1) is 0 Å². The van der Waals surface area contributed by atoms with Gasteiger partial charge in [0.2, 0.25) is 0 Å². The zero-order valence-corrected chi connectivity index (χ0v) is 17.6. The summed E-state index contributed by atoms with van der Waals surface area (Å²) in [6, 6.07) is 7.70. The Bertz CT molecular complexity index is 873. The van der Waals surface area contributed by atoms with Crippen molar-refractivity contribution in [2.45, 2.75) is 52.1 Å². The molecule has 154 valence electrons. The maximum atomic E-state index is 11.6. The van der Waals surface area contributed by atoms with Gasteiger partial charge in [-0.3, -0.25) is 4.90 Å². The van der Waals surface area contributed by atoms with Gasteiger partial charge < -0.3 is 9.64 Å². The molecular formula is C23H30N4O2. The molecule has 0 N–H and O–H groups in total. The molecule has 0 aliphatic carbocycles. The van der Waals surface area contributed by atoms with E-state index in [-0.39, 0.29) is 5.97 Å². The molecule has 6 nitrogen and oxygen atoms in total. The summed E-state index contributed by atoms with van der Waals surface area (Å²) in [7, 11) is 1.41. The molecule has 1 aromatic carbocycles. The highest BCUT2D eigenvalue weighted by Gasteiger charge is 2.26. The van der Waals surface area contributed by atoms with Gasteiger partial charge in [0.25, 0.3) is 0 Å². The molecule has 6 heteroatoms. The second-order valence-corrected chi connectivity index (χ2v) is 8.33. The third kappa shape index (κ3) is 4.27. The normalized spacial score (nSPS) is 16.9. The number of esters is 1. The molecule has 0 bridgehead atoms. The van der Waals surface area contributed by atoms with Gasteiger partial charge in [-0.2, -0.15) is 0 Å². The number of ether oxygens (including phenoxy) is 1. The third-order valence-electron chi connectivity index (χ3n) is 5.84. The lowest BCUT2D eigenvalue weighted by Gasteiger charge is -2.31. The van der Waals surface area contributed by atoms with E-state index >= 15 is 0 Å². The highest BCUT2D eigenvalue weighted by atomic mass is 16.5. The minimum absolute atomic E-state index is 0.296. The van der Waals surface area contributed by atoms with E-state index in [9.17, 15) is 4.79 Å². The summed E-state index contributed by atoms with van der Waals surface area (Å²) in [6.07, 6.45) is 3.49. The Morgan fingerprint density at radius 1 is 1.10 bits per heavy atom. The van der Waals surface area contributed by atoms with Gasteiger partial charge in [-0.05, 0) is 37.0 Å². The first-order valence-electron chi connectivity index (χ1n) is 10.6. The number of carbonyl (C=O) groups is 1. The lowest BCUT2D eigenvalue weighted by Crippen LogP contribution is -2.33. The molecule has 2 aliphatic rings. The average molecular weight is 395 g/mol. The number of methoxy groups -OCH3 is 1. The van der Waals surface area contributed by atoms with Crippen LogP contribution in [0.25, 0.3) is 0 Å². The van der Waals surface area contributed by atoms with E-state index in [1.165, 1.54) is 42.6 Å². The minimum atomic E-state index is -0.296. The van der Waals surface area contributed by atoms with E-state index in [1.807, 2.05) is 24.3 Å². The molecule has 29 heavy (non-hydrogen) atoms. The molecule has 3 heterocycles. The SMILES string of the molecule is COC(=O)c1ccc(CN2CCc3c(nc(C(C)C)nc3N3CCCC3)C2)cc1. The molecule has 0 saturated carbocycles. The first kappa shape index (κ1) is 19.8. The highest BCUT2D eigenvalue weighted by molar-refractivity contribution is 5.89. The largest absolute Gasteiger partial charge is 0.465 e. The number of carbonyl (C=O) groups excluding carboxylic acids is 1. The van der Waals surface area contributed by atoms with Gasteiger partial charge in [-0.1, -0.05) is 26.0 Å². The van der Waals surface area contributed by atoms with Crippen LogP contribution in [0.5, 0.6) is 0 Å². The summed E-state index contributed by atoms with van der Waals surface area (Å²) in [5.74, 6) is 2.16. The Balaban J connectivity index is 1.53. The van der Waals surface area contributed by atoms with Gasteiger partial charge in [0, 0.05) is 44.2 Å². The smallest absolute Gasteiger partial charge is 0.337 e. The van der Waals surface area contributed by atoms with Gasteiger partial charge >= 0.3 is 5.97 Å². The van der Waals surface area contributed by atoms with Crippen LogP contribution in [-0.2, 0) is 24.2 Å². The summed E-state index contributed by atoms with van der Waals surface area (Å²) in [5, 5.41) is 0. The Hall–Kier alpha value is -2.47. The molecule has 1 aromatic heterocycles. The van der Waals surface area contributed by atoms with E-state index < -0.39 is 0 Å². The maximum absolute atomic E-state index is 11.6. The van der Waals surface area contributed by atoms with Crippen molar-refractivity contribution in [2.24, 2.45) is 0 Å². The fourth-order valence-electron chi connectivity index (χ4n) is 4.19. The third-order valence-corrected chi connectivity index (χ3v) is 5.84. The molecule has 1 saturated heterocycles.